The number of amides is 1. The number of halogens is 2. The second kappa shape index (κ2) is 5.67. The highest BCUT2D eigenvalue weighted by atomic mass is 127. The summed E-state index contributed by atoms with van der Waals surface area (Å²) in [5.74, 6) is -0.228. The molecule has 1 atom stereocenters. The van der Waals surface area contributed by atoms with Gasteiger partial charge in [-0.2, -0.15) is 0 Å². The summed E-state index contributed by atoms with van der Waals surface area (Å²) in [6, 6.07) is 5.09. The number of carbonyl (C=O) groups excluding carboxylic acids is 1. The molecule has 0 spiro atoms. The zero-order chi connectivity index (χ0) is 11.4. The fourth-order valence-corrected chi connectivity index (χ4v) is 1.50. The molecule has 0 unspecified atom stereocenters. The summed E-state index contributed by atoms with van der Waals surface area (Å²) in [5, 5.41) is 12.2. The zero-order valence-corrected chi connectivity index (χ0v) is 11.0. The summed E-state index contributed by atoms with van der Waals surface area (Å²) in [6.07, 6.45) is -0.548. The van der Waals surface area contributed by atoms with Crippen LogP contribution in [0.1, 0.15) is 17.3 Å². The average Bonchev–Trinajstić information content (AvgIpc) is 2.18. The first-order valence-corrected chi connectivity index (χ1v) is 5.87. The molecule has 0 aliphatic heterocycles. The van der Waals surface area contributed by atoms with Crippen molar-refractivity contribution in [3.8, 4) is 0 Å². The van der Waals surface area contributed by atoms with E-state index >= 15 is 0 Å². The van der Waals surface area contributed by atoms with Crippen molar-refractivity contribution in [3.05, 3.63) is 32.4 Å². The molecule has 82 valence electrons. The molecule has 1 aromatic carbocycles. The lowest BCUT2D eigenvalue weighted by molar-refractivity contribution is 0.0924. The molecule has 0 radical (unpaired) electrons. The van der Waals surface area contributed by atoms with Crippen molar-refractivity contribution < 1.29 is 9.90 Å². The normalized spacial score (nSPS) is 12.3. The van der Waals surface area contributed by atoms with Gasteiger partial charge in [-0.3, -0.25) is 4.79 Å². The number of rotatable bonds is 3. The van der Waals surface area contributed by atoms with E-state index in [2.05, 4.69) is 27.9 Å². The van der Waals surface area contributed by atoms with E-state index in [4.69, 9.17) is 16.7 Å². The number of aliphatic hydroxyl groups is 1. The molecular formula is C10H11ClINO2. The summed E-state index contributed by atoms with van der Waals surface area (Å²) in [7, 11) is 0. The van der Waals surface area contributed by atoms with Crippen LogP contribution in [0.15, 0.2) is 18.2 Å². The first-order valence-electron chi connectivity index (χ1n) is 4.42. The van der Waals surface area contributed by atoms with E-state index in [9.17, 15) is 4.79 Å². The minimum atomic E-state index is -0.548. The lowest BCUT2D eigenvalue weighted by atomic mass is 10.2. The molecule has 0 bridgehead atoms. The molecule has 0 aliphatic rings. The van der Waals surface area contributed by atoms with Gasteiger partial charge in [-0.1, -0.05) is 11.6 Å². The second-order valence-electron chi connectivity index (χ2n) is 3.19. The van der Waals surface area contributed by atoms with Gasteiger partial charge in [0.15, 0.2) is 0 Å². The van der Waals surface area contributed by atoms with Crippen molar-refractivity contribution >= 4 is 40.1 Å². The first kappa shape index (κ1) is 12.7. The van der Waals surface area contributed by atoms with Crippen molar-refractivity contribution in [1.82, 2.24) is 5.32 Å². The summed E-state index contributed by atoms with van der Waals surface area (Å²) in [4.78, 5) is 11.5. The van der Waals surface area contributed by atoms with E-state index in [1.54, 1.807) is 25.1 Å². The van der Waals surface area contributed by atoms with E-state index in [-0.39, 0.29) is 12.5 Å². The van der Waals surface area contributed by atoms with Gasteiger partial charge in [0, 0.05) is 15.7 Å². The molecule has 0 fully saturated rings. The first-order chi connectivity index (χ1) is 7.00. The SMILES string of the molecule is C[C@@H](O)CNC(=O)c1ccc(I)c(Cl)c1. The fourth-order valence-electron chi connectivity index (χ4n) is 0.980. The molecule has 0 aliphatic carbocycles. The van der Waals surface area contributed by atoms with Gasteiger partial charge in [0.25, 0.3) is 5.91 Å². The van der Waals surface area contributed by atoms with Crippen LogP contribution in [-0.2, 0) is 0 Å². The summed E-state index contributed by atoms with van der Waals surface area (Å²) in [6.45, 7) is 1.85. The van der Waals surface area contributed by atoms with Crippen LogP contribution in [-0.4, -0.2) is 23.7 Å². The van der Waals surface area contributed by atoms with Crippen LogP contribution in [0.25, 0.3) is 0 Å². The largest absolute Gasteiger partial charge is 0.392 e. The fraction of sp³-hybridized carbons (Fsp3) is 0.300. The summed E-state index contributed by atoms with van der Waals surface area (Å²) >= 11 is 7.98. The molecule has 3 nitrogen and oxygen atoms in total. The third kappa shape index (κ3) is 3.96. The van der Waals surface area contributed by atoms with Crippen molar-refractivity contribution in [3.63, 3.8) is 0 Å². The predicted molar refractivity (Wildman–Crippen MR) is 68.2 cm³/mol. The van der Waals surface area contributed by atoms with Crippen LogP contribution in [0.2, 0.25) is 5.02 Å². The Morgan fingerprint density at radius 1 is 1.67 bits per heavy atom. The van der Waals surface area contributed by atoms with Gasteiger partial charge in [0.1, 0.15) is 0 Å². The monoisotopic (exact) mass is 339 g/mol. The minimum absolute atomic E-state index is 0.228. The summed E-state index contributed by atoms with van der Waals surface area (Å²) in [5.41, 5.74) is 0.501. The molecule has 1 amide bonds. The highest BCUT2D eigenvalue weighted by Crippen LogP contribution is 2.19. The zero-order valence-electron chi connectivity index (χ0n) is 8.13. The molecule has 15 heavy (non-hydrogen) atoms. The van der Waals surface area contributed by atoms with Gasteiger partial charge in [-0.05, 0) is 47.7 Å². The predicted octanol–water partition coefficient (Wildman–Crippen LogP) is 2.06. The minimum Gasteiger partial charge on any atom is -0.392 e. The highest BCUT2D eigenvalue weighted by molar-refractivity contribution is 14.1. The Morgan fingerprint density at radius 2 is 2.33 bits per heavy atom. The van der Waals surface area contributed by atoms with Crippen molar-refractivity contribution in [1.29, 1.82) is 0 Å². The van der Waals surface area contributed by atoms with Gasteiger partial charge in [0.2, 0.25) is 0 Å². The van der Waals surface area contributed by atoms with Gasteiger partial charge >= 0.3 is 0 Å². The van der Waals surface area contributed by atoms with E-state index in [1.165, 1.54) is 0 Å². The Hall–Kier alpha value is -0.330. The smallest absolute Gasteiger partial charge is 0.251 e. The second-order valence-corrected chi connectivity index (χ2v) is 4.76. The Kier molecular flexibility index (Phi) is 4.82. The number of nitrogens with one attached hydrogen (secondary N) is 1. The number of hydrogen-bond donors (Lipinski definition) is 2. The van der Waals surface area contributed by atoms with E-state index < -0.39 is 6.10 Å². The quantitative estimate of drug-likeness (QED) is 0.828. The number of benzene rings is 1. The van der Waals surface area contributed by atoms with Crippen molar-refractivity contribution in [2.75, 3.05) is 6.54 Å². The molecule has 1 aromatic rings. The van der Waals surface area contributed by atoms with Crippen LogP contribution in [0.4, 0.5) is 0 Å². The number of aliphatic hydroxyl groups excluding tert-OH is 1. The third-order valence-electron chi connectivity index (χ3n) is 1.74. The van der Waals surface area contributed by atoms with Gasteiger partial charge < -0.3 is 10.4 Å². The maximum atomic E-state index is 11.5. The Labute approximate surface area is 107 Å². The Morgan fingerprint density at radius 3 is 2.87 bits per heavy atom. The van der Waals surface area contributed by atoms with Crippen molar-refractivity contribution in [2.45, 2.75) is 13.0 Å². The molecule has 0 aromatic heterocycles. The molecule has 5 heteroatoms. The highest BCUT2D eigenvalue weighted by Gasteiger charge is 2.07. The van der Waals surface area contributed by atoms with Crippen LogP contribution in [0, 0.1) is 3.57 Å². The van der Waals surface area contributed by atoms with Crippen LogP contribution in [0.3, 0.4) is 0 Å². The maximum Gasteiger partial charge on any atom is 0.251 e. The number of carbonyl (C=O) groups is 1. The summed E-state index contributed by atoms with van der Waals surface area (Å²) < 4.78 is 0.904. The van der Waals surface area contributed by atoms with Crippen LogP contribution in [0.5, 0.6) is 0 Å². The van der Waals surface area contributed by atoms with E-state index in [0.717, 1.165) is 3.57 Å². The molecule has 0 heterocycles. The lowest BCUT2D eigenvalue weighted by Crippen LogP contribution is -2.30. The van der Waals surface area contributed by atoms with Crippen LogP contribution >= 0.6 is 34.2 Å². The standard InChI is InChI=1S/C10H11ClINO2/c1-6(14)5-13-10(15)7-2-3-9(12)8(11)4-7/h2-4,6,14H,5H2,1H3,(H,13,15)/t6-/m1/s1. The maximum absolute atomic E-state index is 11.5. The molecule has 0 saturated carbocycles. The molecule has 2 N–H and O–H groups in total. The van der Waals surface area contributed by atoms with Gasteiger partial charge in [0.05, 0.1) is 11.1 Å². The average molecular weight is 340 g/mol. The topological polar surface area (TPSA) is 49.3 Å². The molecule has 0 saturated heterocycles. The Balaban J connectivity index is 2.70. The van der Waals surface area contributed by atoms with Crippen LogP contribution < -0.4 is 5.32 Å². The molecule has 1 rings (SSSR count). The Bertz CT molecular complexity index is 368. The van der Waals surface area contributed by atoms with Crippen molar-refractivity contribution in [2.24, 2.45) is 0 Å². The van der Waals surface area contributed by atoms with Gasteiger partial charge in [-0.25, -0.2) is 0 Å². The number of hydrogen-bond acceptors (Lipinski definition) is 2. The molecular weight excluding hydrogens is 328 g/mol. The lowest BCUT2D eigenvalue weighted by Gasteiger charge is -2.07. The van der Waals surface area contributed by atoms with E-state index in [0.29, 0.717) is 10.6 Å². The van der Waals surface area contributed by atoms with E-state index in [1.807, 2.05) is 0 Å². The van der Waals surface area contributed by atoms with Gasteiger partial charge in [-0.15, -0.1) is 0 Å². The third-order valence-corrected chi connectivity index (χ3v) is 3.31.